The topological polar surface area (TPSA) is 70.7 Å². The van der Waals surface area contributed by atoms with Crippen molar-refractivity contribution in [3.63, 3.8) is 0 Å². The molecule has 0 aromatic carbocycles. The zero-order chi connectivity index (χ0) is 13.9. The van der Waals surface area contributed by atoms with Crippen molar-refractivity contribution in [2.75, 3.05) is 39.9 Å². The summed E-state index contributed by atoms with van der Waals surface area (Å²) in [7, 11) is 1.63. The average Bonchev–Trinajstić information content (AvgIpc) is 2.42. The normalized spacial score (nSPS) is 26.9. The second-order valence-corrected chi connectivity index (χ2v) is 5.43. The minimum atomic E-state index is -0.466. The lowest BCUT2D eigenvalue weighted by atomic mass is 9.78. The zero-order valence-corrected chi connectivity index (χ0v) is 11.7. The fourth-order valence-electron chi connectivity index (χ4n) is 2.97. The monoisotopic (exact) mass is 269 g/mol. The molecule has 2 fully saturated rings. The first-order valence-corrected chi connectivity index (χ1v) is 6.89. The first-order valence-electron chi connectivity index (χ1n) is 6.89. The minimum Gasteiger partial charge on any atom is -0.384 e. The van der Waals surface area contributed by atoms with E-state index in [0.29, 0.717) is 19.7 Å². The van der Waals surface area contributed by atoms with Gasteiger partial charge in [-0.1, -0.05) is 0 Å². The second-order valence-electron chi connectivity index (χ2n) is 5.43. The highest BCUT2D eigenvalue weighted by molar-refractivity contribution is 5.91. The molecule has 6 heteroatoms. The molecule has 2 aliphatic rings. The molecule has 0 aromatic rings. The van der Waals surface area contributed by atoms with Crippen LogP contribution in [0.1, 0.15) is 19.8 Å². The molecule has 6 nitrogen and oxygen atoms in total. The third-order valence-electron chi connectivity index (χ3n) is 4.19. The maximum Gasteiger partial charge on any atom is 0.242 e. The van der Waals surface area contributed by atoms with E-state index in [1.807, 2.05) is 0 Å². The Kier molecular flexibility index (Phi) is 4.42. The number of nitrogens with zero attached hydrogens (tertiary/aromatic N) is 1. The van der Waals surface area contributed by atoms with Crippen LogP contribution in [0.25, 0.3) is 0 Å². The Morgan fingerprint density at radius 1 is 1.42 bits per heavy atom. The molecule has 2 aliphatic heterocycles. The van der Waals surface area contributed by atoms with Crippen molar-refractivity contribution in [1.29, 1.82) is 0 Å². The van der Waals surface area contributed by atoms with E-state index in [2.05, 4.69) is 10.6 Å². The Morgan fingerprint density at radius 2 is 2.11 bits per heavy atom. The number of hydrogen-bond donors (Lipinski definition) is 2. The van der Waals surface area contributed by atoms with Gasteiger partial charge in [-0.15, -0.1) is 0 Å². The van der Waals surface area contributed by atoms with Crippen LogP contribution in [0.15, 0.2) is 0 Å². The molecular formula is C13H23N3O3. The quantitative estimate of drug-likeness (QED) is 0.714. The van der Waals surface area contributed by atoms with Gasteiger partial charge in [-0.05, 0) is 32.9 Å². The number of methoxy groups -OCH3 is 1. The van der Waals surface area contributed by atoms with Gasteiger partial charge in [0.15, 0.2) is 0 Å². The van der Waals surface area contributed by atoms with Gasteiger partial charge in [-0.25, -0.2) is 0 Å². The van der Waals surface area contributed by atoms with Gasteiger partial charge >= 0.3 is 0 Å². The van der Waals surface area contributed by atoms with Gasteiger partial charge in [-0.2, -0.15) is 0 Å². The summed E-state index contributed by atoms with van der Waals surface area (Å²) in [6, 6.07) is -0.384. The molecule has 108 valence electrons. The van der Waals surface area contributed by atoms with Crippen molar-refractivity contribution in [2.24, 2.45) is 5.41 Å². The highest BCUT2D eigenvalue weighted by Gasteiger charge is 2.44. The van der Waals surface area contributed by atoms with Crippen molar-refractivity contribution in [3.8, 4) is 0 Å². The summed E-state index contributed by atoms with van der Waals surface area (Å²) in [5, 5.41) is 6.06. The molecule has 2 saturated heterocycles. The lowest BCUT2D eigenvalue weighted by Crippen LogP contribution is -2.61. The summed E-state index contributed by atoms with van der Waals surface area (Å²) >= 11 is 0. The Labute approximate surface area is 113 Å². The van der Waals surface area contributed by atoms with Crippen LogP contribution in [-0.4, -0.2) is 62.7 Å². The van der Waals surface area contributed by atoms with Crippen molar-refractivity contribution in [2.45, 2.75) is 25.8 Å². The van der Waals surface area contributed by atoms with Gasteiger partial charge in [0.2, 0.25) is 11.8 Å². The number of nitrogens with one attached hydrogen (secondary N) is 2. The van der Waals surface area contributed by atoms with Gasteiger partial charge in [0, 0.05) is 20.2 Å². The summed E-state index contributed by atoms with van der Waals surface area (Å²) in [5.41, 5.74) is -0.466. The average molecular weight is 269 g/mol. The van der Waals surface area contributed by atoms with E-state index in [9.17, 15) is 9.59 Å². The summed E-state index contributed by atoms with van der Waals surface area (Å²) < 4.78 is 5.28. The van der Waals surface area contributed by atoms with Crippen molar-refractivity contribution in [1.82, 2.24) is 15.5 Å². The number of hydrogen-bond acceptors (Lipinski definition) is 4. The van der Waals surface area contributed by atoms with Crippen LogP contribution >= 0.6 is 0 Å². The number of carbonyl (C=O) groups excluding carboxylic acids is 2. The van der Waals surface area contributed by atoms with Gasteiger partial charge in [-0.3, -0.25) is 9.59 Å². The van der Waals surface area contributed by atoms with Crippen LogP contribution in [0.4, 0.5) is 0 Å². The summed E-state index contributed by atoms with van der Waals surface area (Å²) in [6.45, 7) is 4.99. The summed E-state index contributed by atoms with van der Waals surface area (Å²) in [5.74, 6) is -0.000647. The maximum absolute atomic E-state index is 12.9. The molecule has 0 spiro atoms. The van der Waals surface area contributed by atoms with Crippen LogP contribution < -0.4 is 10.6 Å². The molecule has 0 saturated carbocycles. The third kappa shape index (κ3) is 2.74. The molecule has 1 unspecified atom stereocenters. The molecule has 2 heterocycles. The number of piperidine rings is 1. The first-order chi connectivity index (χ1) is 9.10. The number of rotatable bonds is 3. The summed E-state index contributed by atoms with van der Waals surface area (Å²) in [6.07, 6.45) is 1.54. The standard InChI is InChI=1S/C13H23N3O3/c1-10-11(17)15-7-8-16(10)12(18)13(9-19-2)3-5-14-6-4-13/h10,14H,3-9H2,1-2H3,(H,15,17). The SMILES string of the molecule is COCC1(C(=O)N2CCNC(=O)C2C)CCNCC1. The molecular weight excluding hydrogens is 246 g/mol. The van der Waals surface area contributed by atoms with E-state index in [1.165, 1.54) is 0 Å². The predicted molar refractivity (Wildman–Crippen MR) is 70.6 cm³/mol. The number of carbonyl (C=O) groups is 2. The molecule has 2 amide bonds. The lowest BCUT2D eigenvalue weighted by molar-refractivity contribution is -0.155. The smallest absolute Gasteiger partial charge is 0.242 e. The Hall–Kier alpha value is -1.14. The van der Waals surface area contributed by atoms with E-state index in [0.717, 1.165) is 25.9 Å². The van der Waals surface area contributed by atoms with E-state index >= 15 is 0 Å². The fraction of sp³-hybridized carbons (Fsp3) is 0.846. The van der Waals surface area contributed by atoms with E-state index in [4.69, 9.17) is 4.74 Å². The highest BCUT2D eigenvalue weighted by Crippen LogP contribution is 2.32. The molecule has 2 N–H and O–H groups in total. The largest absolute Gasteiger partial charge is 0.384 e. The Bertz CT molecular complexity index is 348. The molecule has 1 atom stereocenters. The van der Waals surface area contributed by atoms with E-state index in [-0.39, 0.29) is 17.9 Å². The number of amides is 2. The summed E-state index contributed by atoms with van der Waals surface area (Å²) in [4.78, 5) is 26.3. The van der Waals surface area contributed by atoms with Gasteiger partial charge in [0.25, 0.3) is 0 Å². The van der Waals surface area contributed by atoms with Gasteiger partial charge < -0.3 is 20.3 Å². The second kappa shape index (κ2) is 5.88. The highest BCUT2D eigenvalue weighted by atomic mass is 16.5. The number of ether oxygens (including phenoxy) is 1. The fourth-order valence-corrected chi connectivity index (χ4v) is 2.97. The van der Waals surface area contributed by atoms with Crippen LogP contribution in [0.2, 0.25) is 0 Å². The third-order valence-corrected chi connectivity index (χ3v) is 4.19. The molecule has 0 bridgehead atoms. The lowest BCUT2D eigenvalue weighted by Gasteiger charge is -2.42. The van der Waals surface area contributed by atoms with Gasteiger partial charge in [0.05, 0.1) is 12.0 Å². The Morgan fingerprint density at radius 3 is 2.74 bits per heavy atom. The maximum atomic E-state index is 12.9. The van der Waals surface area contributed by atoms with Gasteiger partial charge in [0.1, 0.15) is 6.04 Å². The van der Waals surface area contributed by atoms with E-state index < -0.39 is 5.41 Å². The number of piperazine rings is 1. The van der Waals surface area contributed by atoms with Crippen molar-refractivity contribution < 1.29 is 14.3 Å². The molecule has 0 aliphatic carbocycles. The Balaban J connectivity index is 2.16. The minimum absolute atomic E-state index is 0.0678. The van der Waals surface area contributed by atoms with Crippen LogP contribution in [0.5, 0.6) is 0 Å². The molecule has 0 aromatic heterocycles. The zero-order valence-electron chi connectivity index (χ0n) is 11.7. The van der Waals surface area contributed by atoms with Crippen LogP contribution in [0, 0.1) is 5.41 Å². The van der Waals surface area contributed by atoms with E-state index in [1.54, 1.807) is 18.9 Å². The molecule has 0 radical (unpaired) electrons. The van der Waals surface area contributed by atoms with Crippen molar-refractivity contribution in [3.05, 3.63) is 0 Å². The first kappa shape index (κ1) is 14.3. The molecule has 19 heavy (non-hydrogen) atoms. The molecule has 2 rings (SSSR count). The van der Waals surface area contributed by atoms with Crippen molar-refractivity contribution >= 4 is 11.8 Å². The predicted octanol–water partition coefficient (Wildman–Crippen LogP) is -0.650. The van der Waals surface area contributed by atoms with Crippen LogP contribution in [0.3, 0.4) is 0 Å². The van der Waals surface area contributed by atoms with Crippen LogP contribution in [-0.2, 0) is 14.3 Å².